The Labute approximate surface area is 183 Å². The molecule has 6 heteroatoms. The van der Waals surface area contributed by atoms with Crippen LogP contribution in [-0.4, -0.2) is 49.4 Å². The molecule has 2 fully saturated rings. The molecule has 0 radical (unpaired) electrons. The monoisotopic (exact) mass is 425 g/mol. The van der Waals surface area contributed by atoms with E-state index in [0.717, 1.165) is 31.2 Å². The van der Waals surface area contributed by atoms with Crippen molar-refractivity contribution in [2.45, 2.75) is 43.7 Å². The number of piperidine rings is 1. The average molecular weight is 426 g/mol. The molecule has 6 nitrogen and oxygen atoms in total. The van der Waals surface area contributed by atoms with Crippen molar-refractivity contribution < 1.29 is 24.1 Å². The molecule has 1 N–H and O–H groups in total. The second kappa shape index (κ2) is 8.79. The van der Waals surface area contributed by atoms with Crippen LogP contribution < -0.4 is 14.2 Å². The van der Waals surface area contributed by atoms with Gasteiger partial charge in [0, 0.05) is 18.0 Å². The van der Waals surface area contributed by atoms with E-state index >= 15 is 0 Å². The lowest BCUT2D eigenvalue weighted by molar-refractivity contribution is -0.115. The van der Waals surface area contributed by atoms with Gasteiger partial charge in [0.15, 0.2) is 11.5 Å². The lowest BCUT2D eigenvalue weighted by Gasteiger charge is -2.52. The summed E-state index contributed by atoms with van der Waals surface area (Å²) in [6.07, 6.45) is 4.29. The molecule has 1 saturated carbocycles. The molecule has 31 heavy (non-hydrogen) atoms. The summed E-state index contributed by atoms with van der Waals surface area (Å²) in [6, 6.07) is 12.9. The lowest BCUT2D eigenvalue weighted by atomic mass is 9.66. The highest BCUT2D eigenvalue weighted by Gasteiger charge is 2.50. The quantitative estimate of drug-likeness (QED) is 0.777. The van der Waals surface area contributed by atoms with Crippen molar-refractivity contribution in [2.75, 3.05) is 27.9 Å². The van der Waals surface area contributed by atoms with Crippen LogP contribution in [0.25, 0.3) is 0 Å². The summed E-state index contributed by atoms with van der Waals surface area (Å²) in [5.41, 5.74) is 0.779. The molecule has 0 spiro atoms. The van der Waals surface area contributed by atoms with Crippen molar-refractivity contribution in [3.63, 3.8) is 0 Å². The Morgan fingerprint density at radius 3 is 2.29 bits per heavy atom. The largest absolute Gasteiger partial charge is 0.493 e. The van der Waals surface area contributed by atoms with Crippen LogP contribution in [0.15, 0.2) is 42.5 Å². The van der Waals surface area contributed by atoms with Gasteiger partial charge in [-0.3, -0.25) is 4.79 Å². The van der Waals surface area contributed by atoms with Crippen molar-refractivity contribution in [2.24, 2.45) is 5.92 Å². The van der Waals surface area contributed by atoms with Gasteiger partial charge in [-0.2, -0.15) is 0 Å². The Morgan fingerprint density at radius 1 is 1.00 bits per heavy atom. The van der Waals surface area contributed by atoms with Gasteiger partial charge in [0.25, 0.3) is 5.91 Å². The van der Waals surface area contributed by atoms with E-state index in [1.54, 1.807) is 21.3 Å². The minimum Gasteiger partial charge on any atom is -0.493 e. The molecule has 2 aliphatic rings. The number of fused-ring (bicyclic) bond motifs is 1. The molecule has 3 atom stereocenters. The van der Waals surface area contributed by atoms with E-state index in [9.17, 15) is 9.90 Å². The molecular formula is C25H31NO5. The highest BCUT2D eigenvalue weighted by molar-refractivity contribution is 5.94. The molecule has 4 rings (SSSR count). The van der Waals surface area contributed by atoms with Gasteiger partial charge in [0.1, 0.15) is 0 Å². The maximum Gasteiger partial charge on any atom is 0.254 e. The fourth-order valence-corrected chi connectivity index (χ4v) is 5.34. The fourth-order valence-electron chi connectivity index (χ4n) is 5.34. The van der Waals surface area contributed by atoms with Crippen LogP contribution in [-0.2, 0) is 0 Å². The molecule has 1 saturated heterocycles. The number of carbonyl (C=O) groups excluding carboxylic acids is 1. The maximum atomic E-state index is 13.6. The van der Waals surface area contributed by atoms with Crippen LogP contribution in [0, 0.1) is 5.92 Å². The zero-order chi connectivity index (χ0) is 22.0. The minimum atomic E-state index is -0.767. The zero-order valence-corrected chi connectivity index (χ0v) is 18.5. The van der Waals surface area contributed by atoms with Crippen LogP contribution in [0.5, 0.6) is 17.2 Å². The maximum absolute atomic E-state index is 13.6. The first kappa shape index (κ1) is 21.5. The first-order chi connectivity index (χ1) is 15.0. The number of nitrogens with zero attached hydrogens (tertiary/aromatic N) is 1. The summed E-state index contributed by atoms with van der Waals surface area (Å²) in [6.45, 7) is 0.502. The summed E-state index contributed by atoms with van der Waals surface area (Å²) >= 11 is 0. The second-order valence-electron chi connectivity index (χ2n) is 8.47. The Balaban J connectivity index is 1.83. The van der Waals surface area contributed by atoms with E-state index in [1.165, 1.54) is 0 Å². The Kier molecular flexibility index (Phi) is 6.10. The summed E-state index contributed by atoms with van der Waals surface area (Å²) in [7, 11) is 4.75. The summed E-state index contributed by atoms with van der Waals surface area (Å²) in [4.78, 5) is 15.5. The Morgan fingerprint density at radius 2 is 1.68 bits per heavy atom. The number of ether oxygens (including phenoxy) is 3. The molecular weight excluding hydrogens is 394 g/mol. The predicted octanol–water partition coefficient (Wildman–Crippen LogP) is 4.22. The van der Waals surface area contributed by atoms with E-state index in [2.05, 4.69) is 0 Å². The number of hydrogen-bond donors (Lipinski definition) is 1. The van der Waals surface area contributed by atoms with Crippen molar-refractivity contribution in [1.29, 1.82) is 0 Å². The number of hydrogen-bond acceptors (Lipinski definition) is 5. The average Bonchev–Trinajstić information content (AvgIpc) is 2.82. The molecule has 166 valence electrons. The van der Waals surface area contributed by atoms with Crippen molar-refractivity contribution >= 4 is 5.91 Å². The molecule has 1 amide bonds. The van der Waals surface area contributed by atoms with Gasteiger partial charge < -0.3 is 24.2 Å². The number of amides is 1. The SMILES string of the molecule is COc1cc([C@H]2[C@@H]3CCCC[C@@]3(O)CCN2C(=O)c2ccccc2)cc(OC)c1OC. The van der Waals surface area contributed by atoms with Crippen LogP contribution in [0.1, 0.15) is 54.1 Å². The van der Waals surface area contributed by atoms with E-state index < -0.39 is 5.60 Å². The van der Waals surface area contributed by atoms with E-state index in [-0.39, 0.29) is 17.9 Å². The van der Waals surface area contributed by atoms with Crippen molar-refractivity contribution in [3.05, 3.63) is 53.6 Å². The molecule has 0 unspecified atom stereocenters. The molecule has 2 aromatic carbocycles. The zero-order valence-electron chi connectivity index (χ0n) is 18.5. The van der Waals surface area contributed by atoms with Crippen LogP contribution in [0.4, 0.5) is 0 Å². The first-order valence-electron chi connectivity index (χ1n) is 10.9. The first-order valence-corrected chi connectivity index (χ1v) is 10.9. The highest BCUT2D eigenvalue weighted by atomic mass is 16.5. The normalized spacial score (nSPS) is 25.5. The highest BCUT2D eigenvalue weighted by Crippen LogP contribution is 2.51. The van der Waals surface area contributed by atoms with Crippen LogP contribution in [0.3, 0.4) is 0 Å². The van der Waals surface area contributed by atoms with Gasteiger partial charge in [-0.05, 0) is 49.1 Å². The summed E-state index contributed by atoms with van der Waals surface area (Å²) < 4.78 is 16.7. The van der Waals surface area contributed by atoms with E-state index in [4.69, 9.17) is 14.2 Å². The van der Waals surface area contributed by atoms with Gasteiger partial charge in [0.2, 0.25) is 5.75 Å². The number of methoxy groups -OCH3 is 3. The summed E-state index contributed by atoms with van der Waals surface area (Å²) in [5, 5.41) is 11.5. The predicted molar refractivity (Wildman–Crippen MR) is 118 cm³/mol. The van der Waals surface area contributed by atoms with Crippen molar-refractivity contribution in [1.82, 2.24) is 4.90 Å². The van der Waals surface area contributed by atoms with Crippen molar-refractivity contribution in [3.8, 4) is 17.2 Å². The molecule has 2 aromatic rings. The van der Waals surface area contributed by atoms with E-state index in [1.807, 2.05) is 47.4 Å². The van der Waals surface area contributed by atoms with Gasteiger partial charge in [0.05, 0.1) is 33.0 Å². The number of carbonyl (C=O) groups is 1. The van der Waals surface area contributed by atoms with Gasteiger partial charge in [-0.15, -0.1) is 0 Å². The molecule has 0 aromatic heterocycles. The number of benzene rings is 2. The smallest absolute Gasteiger partial charge is 0.254 e. The van der Waals surface area contributed by atoms with Gasteiger partial charge >= 0.3 is 0 Å². The fraction of sp³-hybridized carbons (Fsp3) is 0.480. The third kappa shape index (κ3) is 3.85. The third-order valence-electron chi connectivity index (χ3n) is 6.88. The number of rotatable bonds is 5. The van der Waals surface area contributed by atoms with Crippen LogP contribution in [0.2, 0.25) is 0 Å². The number of aliphatic hydroxyl groups is 1. The third-order valence-corrected chi connectivity index (χ3v) is 6.88. The molecule has 0 bridgehead atoms. The lowest BCUT2D eigenvalue weighted by Crippen LogP contribution is -2.56. The summed E-state index contributed by atoms with van der Waals surface area (Å²) in [5.74, 6) is 1.55. The van der Waals surface area contributed by atoms with Crippen LogP contribution >= 0.6 is 0 Å². The Hall–Kier alpha value is -2.73. The topological polar surface area (TPSA) is 68.2 Å². The Bertz CT molecular complexity index is 906. The molecule has 1 aliphatic heterocycles. The molecule has 1 heterocycles. The standard InChI is InChI=1S/C25H31NO5/c1-29-20-15-18(16-21(30-2)23(20)31-3)22-19-11-7-8-12-25(19,28)13-14-26(22)24(27)17-9-5-4-6-10-17/h4-6,9-10,15-16,19,22,28H,7-8,11-14H2,1-3H3/t19-,22-,25+/m0/s1. The second-order valence-corrected chi connectivity index (χ2v) is 8.47. The number of likely N-dealkylation sites (tertiary alicyclic amines) is 1. The van der Waals surface area contributed by atoms with Gasteiger partial charge in [-0.1, -0.05) is 31.0 Å². The molecule has 1 aliphatic carbocycles. The minimum absolute atomic E-state index is 0.0213. The van der Waals surface area contributed by atoms with E-state index in [0.29, 0.717) is 35.8 Å². The van der Waals surface area contributed by atoms with Gasteiger partial charge in [-0.25, -0.2) is 0 Å².